The molecule has 0 aromatic carbocycles. The van der Waals surface area contributed by atoms with E-state index < -0.39 is 0 Å². The average molecular weight is 278 g/mol. The predicted molar refractivity (Wildman–Crippen MR) is 81.2 cm³/mol. The molecule has 5 nitrogen and oxygen atoms in total. The Labute approximate surface area is 121 Å². The van der Waals surface area contributed by atoms with Crippen LogP contribution in [0.15, 0.2) is 12.4 Å². The lowest BCUT2D eigenvalue weighted by molar-refractivity contribution is 0.232. The molecule has 0 aliphatic heterocycles. The third-order valence-electron chi connectivity index (χ3n) is 3.72. The minimum atomic E-state index is 0.131. The minimum absolute atomic E-state index is 0.131. The highest BCUT2D eigenvalue weighted by Gasteiger charge is 2.18. The van der Waals surface area contributed by atoms with Crippen molar-refractivity contribution in [3.63, 3.8) is 0 Å². The molecule has 0 spiro atoms. The third kappa shape index (κ3) is 4.63. The highest BCUT2D eigenvalue weighted by atomic mass is 16.5. The topological polar surface area (TPSA) is 50.3 Å². The van der Waals surface area contributed by atoms with Crippen molar-refractivity contribution in [2.24, 2.45) is 0 Å². The van der Waals surface area contributed by atoms with Crippen molar-refractivity contribution in [3.8, 4) is 5.88 Å². The van der Waals surface area contributed by atoms with Gasteiger partial charge in [-0.25, -0.2) is 9.97 Å². The van der Waals surface area contributed by atoms with Crippen molar-refractivity contribution in [1.82, 2.24) is 14.9 Å². The SMILES string of the molecule is CC(C)Oc1cc(NCCN(C)C2CCCC2)ncn1. The van der Waals surface area contributed by atoms with Crippen molar-refractivity contribution < 1.29 is 4.74 Å². The standard InChI is InChI=1S/C15H26N4O/c1-12(2)20-15-10-14(17-11-18-15)16-8-9-19(3)13-6-4-5-7-13/h10-13H,4-9H2,1-3H3,(H,16,17,18). The molecule has 0 atom stereocenters. The number of anilines is 1. The molecule has 0 saturated heterocycles. The van der Waals surface area contributed by atoms with Gasteiger partial charge in [0.15, 0.2) is 0 Å². The van der Waals surface area contributed by atoms with Crippen LogP contribution >= 0.6 is 0 Å². The molecule has 0 unspecified atom stereocenters. The Kier molecular flexibility index (Phi) is 5.59. The zero-order chi connectivity index (χ0) is 14.4. The summed E-state index contributed by atoms with van der Waals surface area (Å²) in [6.07, 6.45) is 7.12. The largest absolute Gasteiger partial charge is 0.475 e. The number of hydrogen-bond acceptors (Lipinski definition) is 5. The minimum Gasteiger partial charge on any atom is -0.475 e. The Morgan fingerprint density at radius 1 is 1.35 bits per heavy atom. The molecule has 1 aliphatic carbocycles. The third-order valence-corrected chi connectivity index (χ3v) is 3.72. The molecule has 1 saturated carbocycles. The molecule has 0 bridgehead atoms. The second-order valence-electron chi connectivity index (χ2n) is 5.75. The van der Waals surface area contributed by atoms with Gasteiger partial charge in [-0.1, -0.05) is 12.8 Å². The number of aromatic nitrogens is 2. The van der Waals surface area contributed by atoms with Crippen LogP contribution in [-0.4, -0.2) is 47.2 Å². The lowest BCUT2D eigenvalue weighted by atomic mass is 10.2. The van der Waals surface area contributed by atoms with Crippen LogP contribution in [0.3, 0.4) is 0 Å². The fourth-order valence-corrected chi connectivity index (χ4v) is 2.63. The smallest absolute Gasteiger partial charge is 0.218 e. The normalized spacial score (nSPS) is 16.1. The lowest BCUT2D eigenvalue weighted by Gasteiger charge is -2.24. The maximum Gasteiger partial charge on any atom is 0.218 e. The average Bonchev–Trinajstić information content (AvgIpc) is 2.92. The Balaban J connectivity index is 1.75. The highest BCUT2D eigenvalue weighted by molar-refractivity contribution is 5.36. The molecule has 112 valence electrons. The van der Waals surface area contributed by atoms with Crippen molar-refractivity contribution in [2.75, 3.05) is 25.5 Å². The van der Waals surface area contributed by atoms with Crippen LogP contribution < -0.4 is 10.1 Å². The van der Waals surface area contributed by atoms with E-state index in [4.69, 9.17) is 4.74 Å². The molecule has 1 aromatic heterocycles. The molecular formula is C15H26N4O. The van der Waals surface area contributed by atoms with Gasteiger partial charge in [0.2, 0.25) is 5.88 Å². The summed E-state index contributed by atoms with van der Waals surface area (Å²) in [5.41, 5.74) is 0. The first kappa shape index (κ1) is 15.0. The zero-order valence-electron chi connectivity index (χ0n) is 12.8. The molecule has 1 aliphatic rings. The molecule has 20 heavy (non-hydrogen) atoms. The number of nitrogens with zero attached hydrogens (tertiary/aromatic N) is 3. The zero-order valence-corrected chi connectivity index (χ0v) is 12.8. The maximum absolute atomic E-state index is 5.56. The Morgan fingerprint density at radius 2 is 2.10 bits per heavy atom. The van der Waals surface area contributed by atoms with Crippen LogP contribution in [0.5, 0.6) is 5.88 Å². The molecule has 2 rings (SSSR count). The summed E-state index contributed by atoms with van der Waals surface area (Å²) in [5.74, 6) is 1.46. The summed E-state index contributed by atoms with van der Waals surface area (Å²) < 4.78 is 5.56. The quantitative estimate of drug-likeness (QED) is 0.830. The van der Waals surface area contributed by atoms with Crippen LogP contribution in [0.2, 0.25) is 0 Å². The van der Waals surface area contributed by atoms with Crippen LogP contribution in [0.1, 0.15) is 39.5 Å². The Hall–Kier alpha value is -1.36. The van der Waals surface area contributed by atoms with E-state index in [0.29, 0.717) is 5.88 Å². The molecule has 0 amide bonds. The van der Waals surface area contributed by atoms with Gasteiger partial charge >= 0.3 is 0 Å². The number of nitrogens with one attached hydrogen (secondary N) is 1. The summed E-state index contributed by atoms with van der Waals surface area (Å²) in [7, 11) is 2.21. The summed E-state index contributed by atoms with van der Waals surface area (Å²) in [5, 5.41) is 3.34. The van der Waals surface area contributed by atoms with Crippen molar-refractivity contribution in [2.45, 2.75) is 51.7 Å². The van der Waals surface area contributed by atoms with E-state index in [9.17, 15) is 0 Å². The summed E-state index contributed by atoms with van der Waals surface area (Å²) in [6.45, 7) is 5.91. The molecule has 0 radical (unpaired) electrons. The predicted octanol–water partition coefficient (Wildman–Crippen LogP) is 2.55. The molecule has 1 aromatic rings. The van der Waals surface area contributed by atoms with Crippen LogP contribution in [-0.2, 0) is 0 Å². The van der Waals surface area contributed by atoms with E-state index in [0.717, 1.165) is 24.9 Å². The number of hydrogen-bond donors (Lipinski definition) is 1. The van der Waals surface area contributed by atoms with E-state index in [-0.39, 0.29) is 6.10 Å². The molecule has 1 N–H and O–H groups in total. The summed E-state index contributed by atoms with van der Waals surface area (Å²) >= 11 is 0. The first-order valence-corrected chi connectivity index (χ1v) is 7.58. The highest BCUT2D eigenvalue weighted by Crippen LogP contribution is 2.22. The molecule has 1 fully saturated rings. The van der Waals surface area contributed by atoms with Crippen molar-refractivity contribution in [1.29, 1.82) is 0 Å². The number of rotatable bonds is 7. The molecule has 1 heterocycles. The van der Waals surface area contributed by atoms with Gasteiger partial charge in [0.1, 0.15) is 12.1 Å². The van der Waals surface area contributed by atoms with Gasteiger partial charge in [-0.05, 0) is 33.7 Å². The van der Waals surface area contributed by atoms with E-state index in [1.807, 2.05) is 19.9 Å². The number of likely N-dealkylation sites (N-methyl/N-ethyl adjacent to an activating group) is 1. The van der Waals surface area contributed by atoms with Crippen molar-refractivity contribution in [3.05, 3.63) is 12.4 Å². The lowest BCUT2D eigenvalue weighted by Crippen LogP contribution is -2.33. The van der Waals surface area contributed by atoms with Gasteiger partial charge in [0.25, 0.3) is 0 Å². The van der Waals surface area contributed by atoms with E-state index in [1.165, 1.54) is 25.7 Å². The second kappa shape index (κ2) is 7.43. The Bertz CT molecular complexity index is 405. The van der Waals surface area contributed by atoms with E-state index in [2.05, 4.69) is 27.2 Å². The van der Waals surface area contributed by atoms with Crippen molar-refractivity contribution >= 4 is 5.82 Å². The van der Waals surface area contributed by atoms with E-state index in [1.54, 1.807) is 6.33 Å². The van der Waals surface area contributed by atoms with Crippen LogP contribution in [0.25, 0.3) is 0 Å². The first-order chi connectivity index (χ1) is 9.65. The monoisotopic (exact) mass is 278 g/mol. The van der Waals surface area contributed by atoms with Gasteiger partial charge in [-0.2, -0.15) is 0 Å². The molecule has 5 heteroatoms. The summed E-state index contributed by atoms with van der Waals surface area (Å²) in [6, 6.07) is 2.62. The van der Waals surface area contributed by atoms with Gasteiger partial charge in [0.05, 0.1) is 6.10 Å². The summed E-state index contributed by atoms with van der Waals surface area (Å²) in [4.78, 5) is 10.8. The maximum atomic E-state index is 5.56. The Morgan fingerprint density at radius 3 is 2.80 bits per heavy atom. The van der Waals surface area contributed by atoms with Gasteiger partial charge in [0, 0.05) is 25.2 Å². The fourth-order valence-electron chi connectivity index (χ4n) is 2.63. The van der Waals surface area contributed by atoms with Gasteiger partial charge < -0.3 is 15.0 Å². The molecular weight excluding hydrogens is 252 g/mol. The first-order valence-electron chi connectivity index (χ1n) is 7.58. The van der Waals surface area contributed by atoms with Crippen LogP contribution in [0.4, 0.5) is 5.82 Å². The second-order valence-corrected chi connectivity index (χ2v) is 5.75. The van der Waals surface area contributed by atoms with E-state index >= 15 is 0 Å². The fraction of sp³-hybridized carbons (Fsp3) is 0.733. The van der Waals surface area contributed by atoms with Crippen LogP contribution in [0, 0.1) is 0 Å². The van der Waals surface area contributed by atoms with Gasteiger partial charge in [-0.15, -0.1) is 0 Å². The van der Waals surface area contributed by atoms with Gasteiger partial charge in [-0.3, -0.25) is 0 Å². The number of ether oxygens (including phenoxy) is 1.